The Labute approximate surface area is 135 Å². The zero-order valence-corrected chi connectivity index (χ0v) is 13.5. The lowest BCUT2D eigenvalue weighted by Crippen LogP contribution is -2.13. The summed E-state index contributed by atoms with van der Waals surface area (Å²) in [5.74, 6) is 0.873. The SMILES string of the molecule is COc1ccc(S(=O)(=O)Nc2ccc(C(=O)C3CC3)cc2)cc1. The summed E-state index contributed by atoms with van der Waals surface area (Å²) in [6.07, 6.45) is 1.90. The molecular formula is C17H17NO4S. The second kappa shape index (κ2) is 6.04. The number of anilines is 1. The maximum absolute atomic E-state index is 12.3. The van der Waals surface area contributed by atoms with E-state index in [1.165, 1.54) is 19.2 Å². The summed E-state index contributed by atoms with van der Waals surface area (Å²) in [5, 5.41) is 0. The van der Waals surface area contributed by atoms with Gasteiger partial charge in [0.15, 0.2) is 5.78 Å². The van der Waals surface area contributed by atoms with Gasteiger partial charge in [-0.05, 0) is 61.4 Å². The predicted octanol–water partition coefficient (Wildman–Crippen LogP) is 3.09. The van der Waals surface area contributed by atoms with Crippen molar-refractivity contribution in [1.82, 2.24) is 0 Å². The van der Waals surface area contributed by atoms with Crippen molar-refractivity contribution in [2.45, 2.75) is 17.7 Å². The number of carbonyl (C=O) groups excluding carboxylic acids is 1. The summed E-state index contributed by atoms with van der Waals surface area (Å²) in [6.45, 7) is 0. The number of carbonyl (C=O) groups is 1. The second-order valence-electron chi connectivity index (χ2n) is 5.50. The van der Waals surface area contributed by atoms with Crippen LogP contribution in [0.25, 0.3) is 0 Å². The maximum atomic E-state index is 12.3. The van der Waals surface area contributed by atoms with Crippen LogP contribution >= 0.6 is 0 Å². The molecule has 3 rings (SSSR count). The second-order valence-corrected chi connectivity index (χ2v) is 7.18. The molecule has 2 aromatic carbocycles. The third-order valence-electron chi connectivity index (χ3n) is 3.74. The molecule has 1 fully saturated rings. The van der Waals surface area contributed by atoms with Crippen molar-refractivity contribution in [2.75, 3.05) is 11.8 Å². The monoisotopic (exact) mass is 331 g/mol. The van der Waals surface area contributed by atoms with Crippen LogP contribution in [0.2, 0.25) is 0 Å². The van der Waals surface area contributed by atoms with Crippen LogP contribution in [-0.4, -0.2) is 21.3 Å². The summed E-state index contributed by atoms with van der Waals surface area (Å²) < 4.78 is 32.2. The first kappa shape index (κ1) is 15.6. The van der Waals surface area contributed by atoms with E-state index in [2.05, 4.69) is 4.72 Å². The molecule has 23 heavy (non-hydrogen) atoms. The topological polar surface area (TPSA) is 72.5 Å². The van der Waals surface area contributed by atoms with Gasteiger partial charge in [-0.25, -0.2) is 8.42 Å². The maximum Gasteiger partial charge on any atom is 0.261 e. The quantitative estimate of drug-likeness (QED) is 0.826. The number of benzene rings is 2. The molecule has 0 bridgehead atoms. The molecule has 1 aliphatic rings. The molecule has 1 aliphatic carbocycles. The van der Waals surface area contributed by atoms with Crippen LogP contribution in [0.5, 0.6) is 5.75 Å². The number of rotatable bonds is 6. The van der Waals surface area contributed by atoms with E-state index in [0.29, 0.717) is 17.0 Å². The van der Waals surface area contributed by atoms with Gasteiger partial charge in [-0.1, -0.05) is 0 Å². The van der Waals surface area contributed by atoms with Crippen molar-refractivity contribution in [1.29, 1.82) is 0 Å². The Morgan fingerprint density at radius 2 is 1.65 bits per heavy atom. The average molecular weight is 331 g/mol. The van der Waals surface area contributed by atoms with Crippen molar-refractivity contribution in [2.24, 2.45) is 5.92 Å². The minimum absolute atomic E-state index is 0.134. The van der Waals surface area contributed by atoms with E-state index in [1.54, 1.807) is 36.4 Å². The van der Waals surface area contributed by atoms with Crippen molar-refractivity contribution < 1.29 is 17.9 Å². The Morgan fingerprint density at radius 1 is 1.04 bits per heavy atom. The Morgan fingerprint density at radius 3 is 2.17 bits per heavy atom. The van der Waals surface area contributed by atoms with Crippen molar-refractivity contribution >= 4 is 21.5 Å². The number of Topliss-reactive ketones (excluding diaryl/α,β-unsaturated/α-hetero) is 1. The summed E-state index contributed by atoms with van der Waals surface area (Å²) in [7, 11) is -2.15. The van der Waals surface area contributed by atoms with Crippen LogP contribution in [0.3, 0.4) is 0 Å². The average Bonchev–Trinajstić information content (AvgIpc) is 3.39. The Balaban J connectivity index is 1.75. The lowest BCUT2D eigenvalue weighted by molar-refractivity contribution is 0.0967. The third-order valence-corrected chi connectivity index (χ3v) is 5.14. The Hall–Kier alpha value is -2.34. The number of methoxy groups -OCH3 is 1. The normalized spacial score (nSPS) is 14.3. The summed E-state index contributed by atoms with van der Waals surface area (Å²) in [6, 6.07) is 12.7. The lowest BCUT2D eigenvalue weighted by Gasteiger charge is -2.09. The van der Waals surface area contributed by atoms with Gasteiger partial charge in [0.25, 0.3) is 10.0 Å². The summed E-state index contributed by atoms with van der Waals surface area (Å²) >= 11 is 0. The van der Waals surface area contributed by atoms with E-state index in [4.69, 9.17) is 4.74 Å². The van der Waals surface area contributed by atoms with Gasteiger partial charge in [-0.2, -0.15) is 0 Å². The van der Waals surface area contributed by atoms with Gasteiger partial charge in [0.05, 0.1) is 12.0 Å². The van der Waals surface area contributed by atoms with Gasteiger partial charge in [-0.3, -0.25) is 9.52 Å². The molecule has 0 aliphatic heterocycles. The van der Waals surface area contributed by atoms with Crippen LogP contribution in [0.4, 0.5) is 5.69 Å². The molecule has 0 atom stereocenters. The van der Waals surface area contributed by atoms with Crippen LogP contribution in [0.15, 0.2) is 53.4 Å². The molecule has 2 aromatic rings. The minimum Gasteiger partial charge on any atom is -0.497 e. The van der Waals surface area contributed by atoms with Crippen LogP contribution in [0.1, 0.15) is 23.2 Å². The predicted molar refractivity (Wildman–Crippen MR) is 87.3 cm³/mol. The van der Waals surface area contributed by atoms with Gasteiger partial charge in [0.1, 0.15) is 5.75 Å². The van der Waals surface area contributed by atoms with E-state index in [-0.39, 0.29) is 16.6 Å². The Bertz CT molecular complexity index is 807. The lowest BCUT2D eigenvalue weighted by atomic mass is 10.1. The molecule has 0 spiro atoms. The zero-order chi connectivity index (χ0) is 16.4. The van der Waals surface area contributed by atoms with Crippen LogP contribution in [0, 0.1) is 5.92 Å². The van der Waals surface area contributed by atoms with Gasteiger partial charge in [-0.15, -0.1) is 0 Å². The largest absolute Gasteiger partial charge is 0.497 e. The van der Waals surface area contributed by atoms with Gasteiger partial charge >= 0.3 is 0 Å². The summed E-state index contributed by atoms with van der Waals surface area (Å²) in [5.41, 5.74) is 1.05. The van der Waals surface area contributed by atoms with Crippen LogP contribution < -0.4 is 9.46 Å². The van der Waals surface area contributed by atoms with Gasteiger partial charge in [0.2, 0.25) is 0 Å². The molecule has 0 radical (unpaired) electrons. The van der Waals surface area contributed by atoms with Gasteiger partial charge in [0, 0.05) is 17.2 Å². The Kier molecular flexibility index (Phi) is 4.09. The highest BCUT2D eigenvalue weighted by molar-refractivity contribution is 7.92. The molecule has 0 unspecified atom stereocenters. The fraction of sp³-hybridized carbons (Fsp3) is 0.235. The zero-order valence-electron chi connectivity index (χ0n) is 12.7. The molecule has 0 saturated heterocycles. The molecule has 120 valence electrons. The third kappa shape index (κ3) is 3.53. The van der Waals surface area contributed by atoms with Crippen LogP contribution in [-0.2, 0) is 10.0 Å². The number of hydrogen-bond donors (Lipinski definition) is 1. The number of ether oxygens (including phenoxy) is 1. The molecule has 6 heteroatoms. The fourth-order valence-electron chi connectivity index (χ4n) is 2.25. The first-order valence-corrected chi connectivity index (χ1v) is 8.79. The molecule has 0 heterocycles. The van der Waals surface area contributed by atoms with E-state index < -0.39 is 10.0 Å². The number of hydrogen-bond acceptors (Lipinski definition) is 4. The first-order chi connectivity index (χ1) is 11.0. The molecule has 0 aromatic heterocycles. The molecule has 1 N–H and O–H groups in total. The number of ketones is 1. The smallest absolute Gasteiger partial charge is 0.261 e. The van der Waals surface area contributed by atoms with Gasteiger partial charge < -0.3 is 4.74 Å². The fourth-order valence-corrected chi connectivity index (χ4v) is 3.31. The number of sulfonamides is 1. The van der Waals surface area contributed by atoms with E-state index in [0.717, 1.165) is 12.8 Å². The van der Waals surface area contributed by atoms with Crippen molar-refractivity contribution in [3.05, 3.63) is 54.1 Å². The molecule has 5 nitrogen and oxygen atoms in total. The highest BCUT2D eigenvalue weighted by Crippen LogP contribution is 2.32. The summed E-state index contributed by atoms with van der Waals surface area (Å²) in [4.78, 5) is 12.1. The van der Waals surface area contributed by atoms with Crippen molar-refractivity contribution in [3.8, 4) is 5.75 Å². The minimum atomic E-state index is -3.67. The molecule has 1 saturated carbocycles. The molecule has 0 amide bonds. The standard InChI is InChI=1S/C17H17NO4S/c1-22-15-8-10-16(11-9-15)23(20,21)18-14-6-4-13(5-7-14)17(19)12-2-3-12/h4-12,18H,2-3H2,1H3. The first-order valence-electron chi connectivity index (χ1n) is 7.31. The van der Waals surface area contributed by atoms with E-state index in [9.17, 15) is 13.2 Å². The van der Waals surface area contributed by atoms with E-state index in [1.807, 2.05) is 0 Å². The van der Waals surface area contributed by atoms with E-state index >= 15 is 0 Å². The highest BCUT2D eigenvalue weighted by atomic mass is 32.2. The highest BCUT2D eigenvalue weighted by Gasteiger charge is 2.30. The number of nitrogens with one attached hydrogen (secondary N) is 1. The van der Waals surface area contributed by atoms with Crippen molar-refractivity contribution in [3.63, 3.8) is 0 Å². The molecular weight excluding hydrogens is 314 g/mol.